The maximum atomic E-state index is 11.4. The molecule has 1 amide bonds. The second-order valence-corrected chi connectivity index (χ2v) is 3.70. The predicted molar refractivity (Wildman–Crippen MR) is 56.1 cm³/mol. The fourth-order valence-corrected chi connectivity index (χ4v) is 1.55. The van der Waals surface area contributed by atoms with Crippen LogP contribution in [-0.4, -0.2) is 24.5 Å². The van der Waals surface area contributed by atoms with Crippen LogP contribution in [0.25, 0.3) is 0 Å². The van der Waals surface area contributed by atoms with Gasteiger partial charge in [0, 0.05) is 13.0 Å². The van der Waals surface area contributed by atoms with E-state index in [-0.39, 0.29) is 23.8 Å². The van der Waals surface area contributed by atoms with Crippen LogP contribution in [0.15, 0.2) is 12.2 Å². The molecule has 0 aromatic carbocycles. The van der Waals surface area contributed by atoms with E-state index >= 15 is 0 Å². The van der Waals surface area contributed by atoms with Gasteiger partial charge in [0.1, 0.15) is 0 Å². The van der Waals surface area contributed by atoms with Crippen LogP contribution in [0.3, 0.4) is 0 Å². The molecule has 0 saturated carbocycles. The molecule has 0 heterocycles. The van der Waals surface area contributed by atoms with Crippen molar-refractivity contribution in [2.45, 2.75) is 32.7 Å². The molecule has 0 spiro atoms. The van der Waals surface area contributed by atoms with Crippen molar-refractivity contribution in [3.05, 3.63) is 12.2 Å². The molecule has 0 aliphatic heterocycles. The van der Waals surface area contributed by atoms with Gasteiger partial charge in [0.2, 0.25) is 5.91 Å². The Morgan fingerprint density at radius 1 is 1.47 bits per heavy atom. The molecule has 0 bridgehead atoms. The average molecular weight is 211 g/mol. The molecule has 84 valence electrons. The number of hydrogen-bond donors (Lipinski definition) is 1. The summed E-state index contributed by atoms with van der Waals surface area (Å²) in [7, 11) is 0. The van der Waals surface area contributed by atoms with Gasteiger partial charge in [-0.1, -0.05) is 19.1 Å². The largest absolute Gasteiger partial charge is 0.465 e. The fourth-order valence-electron chi connectivity index (χ4n) is 1.55. The SMILES string of the molecule is CCCOC(=O)[C@@H]1C=C[C@H](NC(C)=O)C1. The van der Waals surface area contributed by atoms with E-state index in [2.05, 4.69) is 5.32 Å². The van der Waals surface area contributed by atoms with Gasteiger partial charge in [-0.2, -0.15) is 0 Å². The van der Waals surface area contributed by atoms with Gasteiger partial charge >= 0.3 is 5.97 Å². The summed E-state index contributed by atoms with van der Waals surface area (Å²) in [5.41, 5.74) is 0. The molecule has 0 aromatic heterocycles. The number of hydrogen-bond acceptors (Lipinski definition) is 3. The third-order valence-electron chi connectivity index (χ3n) is 2.22. The van der Waals surface area contributed by atoms with E-state index in [1.165, 1.54) is 6.92 Å². The van der Waals surface area contributed by atoms with Gasteiger partial charge in [-0.05, 0) is 12.8 Å². The van der Waals surface area contributed by atoms with Crippen molar-refractivity contribution in [3.63, 3.8) is 0 Å². The molecule has 0 saturated heterocycles. The number of ether oxygens (including phenoxy) is 1. The number of esters is 1. The zero-order valence-electron chi connectivity index (χ0n) is 9.16. The fraction of sp³-hybridized carbons (Fsp3) is 0.636. The maximum absolute atomic E-state index is 11.4. The summed E-state index contributed by atoms with van der Waals surface area (Å²) in [6.07, 6.45) is 5.09. The highest BCUT2D eigenvalue weighted by Gasteiger charge is 2.26. The number of carbonyl (C=O) groups is 2. The summed E-state index contributed by atoms with van der Waals surface area (Å²) in [4.78, 5) is 22.2. The van der Waals surface area contributed by atoms with Gasteiger partial charge in [0.15, 0.2) is 0 Å². The van der Waals surface area contributed by atoms with Crippen molar-refractivity contribution in [2.24, 2.45) is 5.92 Å². The lowest BCUT2D eigenvalue weighted by Gasteiger charge is -2.11. The number of amides is 1. The van der Waals surface area contributed by atoms with E-state index in [1.54, 1.807) is 6.08 Å². The van der Waals surface area contributed by atoms with Crippen molar-refractivity contribution in [1.82, 2.24) is 5.32 Å². The van der Waals surface area contributed by atoms with Crippen molar-refractivity contribution < 1.29 is 14.3 Å². The Balaban J connectivity index is 2.33. The zero-order valence-corrected chi connectivity index (χ0v) is 9.16. The van der Waals surface area contributed by atoms with Gasteiger partial charge in [-0.3, -0.25) is 9.59 Å². The van der Waals surface area contributed by atoms with Gasteiger partial charge in [0.25, 0.3) is 0 Å². The molecule has 1 aliphatic carbocycles. The molecule has 0 fully saturated rings. The Labute approximate surface area is 89.7 Å². The minimum atomic E-state index is -0.201. The van der Waals surface area contributed by atoms with Crippen LogP contribution in [0.5, 0.6) is 0 Å². The molecule has 0 aromatic rings. The molecule has 2 atom stereocenters. The molecule has 4 nitrogen and oxygen atoms in total. The van der Waals surface area contributed by atoms with Gasteiger partial charge in [-0.15, -0.1) is 0 Å². The standard InChI is InChI=1S/C11H17NO3/c1-3-6-15-11(14)9-4-5-10(7-9)12-8(2)13/h4-5,9-10H,3,6-7H2,1-2H3,(H,12,13)/t9-,10+/m1/s1. The molecule has 0 radical (unpaired) electrons. The lowest BCUT2D eigenvalue weighted by atomic mass is 10.1. The van der Waals surface area contributed by atoms with Crippen LogP contribution in [0, 0.1) is 5.92 Å². The molecule has 1 aliphatic rings. The number of nitrogens with one attached hydrogen (secondary N) is 1. The number of rotatable bonds is 4. The van der Waals surface area contributed by atoms with E-state index in [4.69, 9.17) is 4.74 Å². The van der Waals surface area contributed by atoms with Crippen LogP contribution >= 0.6 is 0 Å². The first-order chi connectivity index (χ1) is 7.13. The first-order valence-corrected chi connectivity index (χ1v) is 5.25. The van der Waals surface area contributed by atoms with Gasteiger partial charge in [0.05, 0.1) is 12.5 Å². The Bertz CT molecular complexity index is 273. The second kappa shape index (κ2) is 5.53. The lowest BCUT2D eigenvalue weighted by molar-refractivity contribution is -0.147. The highest BCUT2D eigenvalue weighted by atomic mass is 16.5. The van der Waals surface area contributed by atoms with E-state index in [1.807, 2.05) is 13.0 Å². The average Bonchev–Trinajstić information content (AvgIpc) is 2.61. The molecular weight excluding hydrogens is 194 g/mol. The molecule has 0 unspecified atom stereocenters. The Kier molecular flexibility index (Phi) is 4.34. The van der Waals surface area contributed by atoms with Crippen LogP contribution in [0.1, 0.15) is 26.7 Å². The third kappa shape index (κ3) is 3.73. The first kappa shape index (κ1) is 11.8. The molecular formula is C11H17NO3. The van der Waals surface area contributed by atoms with Crippen LogP contribution < -0.4 is 5.32 Å². The number of carbonyl (C=O) groups excluding carboxylic acids is 2. The summed E-state index contributed by atoms with van der Waals surface area (Å²) in [5, 5.41) is 2.75. The lowest BCUT2D eigenvalue weighted by Crippen LogP contribution is -2.31. The quantitative estimate of drug-likeness (QED) is 0.558. The summed E-state index contributed by atoms with van der Waals surface area (Å²) in [6.45, 7) is 3.89. The monoisotopic (exact) mass is 211 g/mol. The minimum Gasteiger partial charge on any atom is -0.465 e. The molecule has 1 rings (SSSR count). The van der Waals surface area contributed by atoms with E-state index in [9.17, 15) is 9.59 Å². The third-order valence-corrected chi connectivity index (χ3v) is 2.22. The summed E-state index contributed by atoms with van der Waals surface area (Å²) in [5.74, 6) is -0.471. The normalized spacial score (nSPS) is 23.9. The van der Waals surface area contributed by atoms with Gasteiger partial charge in [-0.25, -0.2) is 0 Å². The molecule has 15 heavy (non-hydrogen) atoms. The smallest absolute Gasteiger partial charge is 0.312 e. The summed E-state index contributed by atoms with van der Waals surface area (Å²) >= 11 is 0. The molecule has 1 N–H and O–H groups in total. The maximum Gasteiger partial charge on any atom is 0.312 e. The van der Waals surface area contributed by atoms with Crippen molar-refractivity contribution in [1.29, 1.82) is 0 Å². The Morgan fingerprint density at radius 2 is 2.20 bits per heavy atom. The van der Waals surface area contributed by atoms with Crippen LogP contribution in [0.2, 0.25) is 0 Å². The Morgan fingerprint density at radius 3 is 2.80 bits per heavy atom. The van der Waals surface area contributed by atoms with E-state index in [0.717, 1.165) is 6.42 Å². The van der Waals surface area contributed by atoms with E-state index in [0.29, 0.717) is 13.0 Å². The summed E-state index contributed by atoms with van der Waals surface area (Å²) in [6, 6.07) is -0.0262. The topological polar surface area (TPSA) is 55.4 Å². The first-order valence-electron chi connectivity index (χ1n) is 5.25. The second-order valence-electron chi connectivity index (χ2n) is 3.70. The minimum absolute atomic E-state index is 0.0262. The van der Waals surface area contributed by atoms with Crippen LogP contribution in [-0.2, 0) is 14.3 Å². The highest BCUT2D eigenvalue weighted by molar-refractivity contribution is 5.77. The Hall–Kier alpha value is -1.32. The zero-order chi connectivity index (χ0) is 11.3. The van der Waals surface area contributed by atoms with E-state index < -0.39 is 0 Å². The predicted octanol–water partition coefficient (Wildman–Crippen LogP) is 1.02. The van der Waals surface area contributed by atoms with Crippen LogP contribution in [0.4, 0.5) is 0 Å². The van der Waals surface area contributed by atoms with Crippen molar-refractivity contribution >= 4 is 11.9 Å². The van der Waals surface area contributed by atoms with Crippen molar-refractivity contribution in [3.8, 4) is 0 Å². The summed E-state index contributed by atoms with van der Waals surface area (Å²) < 4.78 is 5.03. The molecule has 4 heteroatoms. The van der Waals surface area contributed by atoms with Crippen molar-refractivity contribution in [2.75, 3.05) is 6.61 Å². The van der Waals surface area contributed by atoms with Gasteiger partial charge < -0.3 is 10.1 Å². The highest BCUT2D eigenvalue weighted by Crippen LogP contribution is 2.19.